The number of benzene rings is 1. The molecule has 8 heteroatoms. The Labute approximate surface area is 132 Å². The van der Waals surface area contributed by atoms with Crippen molar-refractivity contribution in [2.45, 2.75) is 26.2 Å². The highest BCUT2D eigenvalue weighted by molar-refractivity contribution is 6.23. The molecule has 0 bridgehead atoms. The summed E-state index contributed by atoms with van der Waals surface area (Å²) in [5.74, 6) is -1.58. The highest BCUT2D eigenvalue weighted by Crippen LogP contribution is 2.30. The summed E-state index contributed by atoms with van der Waals surface area (Å²) < 4.78 is 0. The SMILES string of the molecule is CCCCNC(=O)CCN1C(=O)c2cccc([N+](=O)[O-])c2C1=O. The van der Waals surface area contributed by atoms with Crippen molar-refractivity contribution in [3.8, 4) is 0 Å². The van der Waals surface area contributed by atoms with Crippen molar-refractivity contribution in [1.82, 2.24) is 10.2 Å². The van der Waals surface area contributed by atoms with E-state index in [9.17, 15) is 24.5 Å². The van der Waals surface area contributed by atoms with Gasteiger partial charge in [0, 0.05) is 25.6 Å². The van der Waals surface area contributed by atoms with Gasteiger partial charge in [-0.15, -0.1) is 0 Å². The number of carbonyl (C=O) groups is 3. The number of carbonyl (C=O) groups excluding carboxylic acids is 3. The molecule has 122 valence electrons. The molecule has 0 aromatic heterocycles. The summed E-state index contributed by atoms with van der Waals surface area (Å²) in [6, 6.07) is 3.93. The minimum atomic E-state index is -0.723. The monoisotopic (exact) mass is 319 g/mol. The van der Waals surface area contributed by atoms with Crippen molar-refractivity contribution in [2.75, 3.05) is 13.1 Å². The molecule has 8 nitrogen and oxygen atoms in total. The largest absolute Gasteiger partial charge is 0.356 e. The number of nitro benzene ring substituents is 1. The molecule has 0 fully saturated rings. The summed E-state index contributed by atoms with van der Waals surface area (Å²) in [6.07, 6.45) is 1.77. The second-order valence-corrected chi connectivity index (χ2v) is 5.17. The minimum absolute atomic E-state index is 0.00981. The molecular formula is C15H17N3O5. The molecule has 1 aromatic rings. The molecule has 0 atom stereocenters. The van der Waals surface area contributed by atoms with Crippen LogP contribution in [0.5, 0.6) is 0 Å². The van der Waals surface area contributed by atoms with E-state index in [0.717, 1.165) is 17.7 Å². The van der Waals surface area contributed by atoms with Crippen molar-refractivity contribution < 1.29 is 19.3 Å². The number of nitrogens with zero attached hydrogens (tertiary/aromatic N) is 2. The van der Waals surface area contributed by atoms with Crippen LogP contribution in [0.3, 0.4) is 0 Å². The smallest absolute Gasteiger partial charge is 0.282 e. The summed E-state index contributed by atoms with van der Waals surface area (Å²) in [7, 11) is 0. The second kappa shape index (κ2) is 6.99. The summed E-state index contributed by atoms with van der Waals surface area (Å²) >= 11 is 0. The molecule has 1 aliphatic rings. The van der Waals surface area contributed by atoms with Crippen LogP contribution in [-0.2, 0) is 4.79 Å². The van der Waals surface area contributed by atoms with Crippen LogP contribution < -0.4 is 5.32 Å². The number of hydrogen-bond acceptors (Lipinski definition) is 5. The normalized spacial score (nSPS) is 13.2. The van der Waals surface area contributed by atoms with Crippen molar-refractivity contribution in [2.24, 2.45) is 0 Å². The average Bonchev–Trinajstić information content (AvgIpc) is 2.77. The molecule has 3 amide bonds. The first-order valence-electron chi connectivity index (χ1n) is 7.37. The molecule has 0 radical (unpaired) electrons. The van der Waals surface area contributed by atoms with Gasteiger partial charge in [-0.05, 0) is 12.5 Å². The first kappa shape index (κ1) is 16.6. The Morgan fingerprint density at radius 3 is 2.70 bits per heavy atom. The van der Waals surface area contributed by atoms with E-state index in [4.69, 9.17) is 0 Å². The lowest BCUT2D eigenvalue weighted by Gasteiger charge is -2.13. The van der Waals surface area contributed by atoms with Gasteiger partial charge in [0.15, 0.2) is 0 Å². The molecule has 23 heavy (non-hydrogen) atoms. The first-order chi connectivity index (χ1) is 11.0. The molecule has 0 spiro atoms. The van der Waals surface area contributed by atoms with Crippen molar-refractivity contribution in [3.63, 3.8) is 0 Å². The van der Waals surface area contributed by atoms with E-state index in [1.165, 1.54) is 18.2 Å². The van der Waals surface area contributed by atoms with Gasteiger partial charge in [-0.25, -0.2) is 0 Å². The standard InChI is InChI=1S/C15H17N3O5/c1-2-3-8-16-12(19)7-9-17-14(20)10-5-4-6-11(18(22)23)13(10)15(17)21/h4-6H,2-3,7-9H2,1H3,(H,16,19). The maximum Gasteiger partial charge on any atom is 0.282 e. The van der Waals surface area contributed by atoms with E-state index in [0.29, 0.717) is 6.54 Å². The fourth-order valence-electron chi connectivity index (χ4n) is 2.38. The van der Waals surface area contributed by atoms with Crippen molar-refractivity contribution >= 4 is 23.4 Å². The zero-order chi connectivity index (χ0) is 17.0. The fourth-order valence-corrected chi connectivity index (χ4v) is 2.38. The molecule has 1 aliphatic heterocycles. The molecule has 0 saturated carbocycles. The van der Waals surface area contributed by atoms with E-state index < -0.39 is 22.4 Å². The predicted molar refractivity (Wildman–Crippen MR) is 81.0 cm³/mol. The van der Waals surface area contributed by atoms with Crippen LogP contribution in [0.2, 0.25) is 0 Å². The first-order valence-corrected chi connectivity index (χ1v) is 7.37. The topological polar surface area (TPSA) is 110 Å². The average molecular weight is 319 g/mol. The van der Waals surface area contributed by atoms with Gasteiger partial charge in [0.2, 0.25) is 5.91 Å². The quantitative estimate of drug-likeness (QED) is 0.354. The number of nitro groups is 1. The van der Waals surface area contributed by atoms with Crippen LogP contribution in [0.15, 0.2) is 18.2 Å². The Bertz CT molecular complexity index is 671. The summed E-state index contributed by atoms with van der Waals surface area (Å²) in [4.78, 5) is 47.3. The van der Waals surface area contributed by atoms with Gasteiger partial charge in [0.05, 0.1) is 10.5 Å². The Hall–Kier alpha value is -2.77. The number of imide groups is 1. The van der Waals surface area contributed by atoms with Crippen LogP contribution >= 0.6 is 0 Å². The summed E-state index contributed by atoms with van der Waals surface area (Å²) in [5.41, 5.74) is -0.583. The second-order valence-electron chi connectivity index (χ2n) is 5.17. The lowest BCUT2D eigenvalue weighted by Crippen LogP contribution is -2.34. The van der Waals surface area contributed by atoms with E-state index in [1.54, 1.807) is 0 Å². The lowest BCUT2D eigenvalue weighted by atomic mass is 10.1. The van der Waals surface area contributed by atoms with Crippen LogP contribution in [0.25, 0.3) is 0 Å². The molecule has 0 unspecified atom stereocenters. The molecule has 1 aromatic carbocycles. The predicted octanol–water partition coefficient (Wildman–Crippen LogP) is 1.50. The van der Waals surface area contributed by atoms with E-state index >= 15 is 0 Å². The Kier molecular flexibility index (Phi) is 5.05. The molecular weight excluding hydrogens is 302 g/mol. The molecule has 0 aliphatic carbocycles. The maximum atomic E-state index is 12.3. The fraction of sp³-hybridized carbons (Fsp3) is 0.400. The third-order valence-electron chi connectivity index (χ3n) is 3.59. The molecule has 2 rings (SSSR count). The van der Waals surface area contributed by atoms with Gasteiger partial charge in [0.1, 0.15) is 5.56 Å². The number of fused-ring (bicyclic) bond motifs is 1. The summed E-state index contributed by atoms with van der Waals surface area (Å²) in [6.45, 7) is 2.45. The number of unbranched alkanes of at least 4 members (excludes halogenated alkanes) is 1. The van der Waals surface area contributed by atoms with Gasteiger partial charge in [-0.1, -0.05) is 19.4 Å². The number of hydrogen-bond donors (Lipinski definition) is 1. The maximum absolute atomic E-state index is 12.3. The van der Waals surface area contributed by atoms with Crippen molar-refractivity contribution in [1.29, 1.82) is 0 Å². The van der Waals surface area contributed by atoms with E-state index in [1.807, 2.05) is 6.92 Å². The van der Waals surface area contributed by atoms with Crippen molar-refractivity contribution in [3.05, 3.63) is 39.4 Å². The van der Waals surface area contributed by atoms with Gasteiger partial charge in [0.25, 0.3) is 17.5 Å². The van der Waals surface area contributed by atoms with E-state index in [-0.39, 0.29) is 30.0 Å². The third-order valence-corrected chi connectivity index (χ3v) is 3.59. The minimum Gasteiger partial charge on any atom is -0.356 e. The van der Waals surface area contributed by atoms with Gasteiger partial charge < -0.3 is 5.32 Å². The Balaban J connectivity index is 2.08. The number of nitrogens with one attached hydrogen (secondary N) is 1. The van der Waals surface area contributed by atoms with Gasteiger partial charge in [-0.3, -0.25) is 29.4 Å². The Morgan fingerprint density at radius 2 is 2.04 bits per heavy atom. The molecule has 1 heterocycles. The highest BCUT2D eigenvalue weighted by atomic mass is 16.6. The zero-order valence-electron chi connectivity index (χ0n) is 12.7. The van der Waals surface area contributed by atoms with Crippen LogP contribution in [0.4, 0.5) is 5.69 Å². The number of amides is 3. The van der Waals surface area contributed by atoms with E-state index in [2.05, 4.69) is 5.32 Å². The van der Waals surface area contributed by atoms with Crippen LogP contribution in [0, 0.1) is 10.1 Å². The third kappa shape index (κ3) is 3.36. The molecule has 0 saturated heterocycles. The van der Waals surface area contributed by atoms with Gasteiger partial charge in [-0.2, -0.15) is 0 Å². The number of rotatable bonds is 7. The lowest BCUT2D eigenvalue weighted by molar-refractivity contribution is -0.385. The van der Waals surface area contributed by atoms with Crippen LogP contribution in [0.1, 0.15) is 46.9 Å². The van der Waals surface area contributed by atoms with Crippen LogP contribution in [-0.4, -0.2) is 40.6 Å². The highest BCUT2D eigenvalue weighted by Gasteiger charge is 2.40. The Morgan fingerprint density at radius 1 is 1.30 bits per heavy atom. The summed E-state index contributed by atoms with van der Waals surface area (Å²) in [5, 5.41) is 13.7. The zero-order valence-corrected chi connectivity index (χ0v) is 12.7. The molecule has 1 N–H and O–H groups in total. The van der Waals surface area contributed by atoms with Gasteiger partial charge >= 0.3 is 0 Å².